The molecule has 12 heteroatoms. The molecule has 0 saturated heterocycles. The fourth-order valence-electron chi connectivity index (χ4n) is 2.13. The fourth-order valence-corrected chi connectivity index (χ4v) is 3.27. The summed E-state index contributed by atoms with van der Waals surface area (Å²) in [5, 5.41) is 9.73. The van der Waals surface area contributed by atoms with Gasteiger partial charge in [-0.15, -0.1) is 0 Å². The Morgan fingerprint density at radius 2 is 1.93 bits per heavy atom. The van der Waals surface area contributed by atoms with Gasteiger partial charge < -0.3 is 10.1 Å². The molecule has 0 atom stereocenters. The smallest absolute Gasteiger partial charge is 0.264 e. The number of hydrogen-bond donors (Lipinski definition) is 4. The molecule has 0 bridgehead atoms. The first-order valence-electron chi connectivity index (χ1n) is 7.77. The highest BCUT2D eigenvalue weighted by molar-refractivity contribution is 7.92. The average Bonchev–Trinajstić information content (AvgIpc) is 2.61. The van der Waals surface area contributed by atoms with E-state index in [2.05, 4.69) is 29.7 Å². The number of benzene rings is 1. The molecule has 144 valence electrons. The molecule has 0 amide bonds. The number of aryl methyl sites for hydroxylation is 1. The highest BCUT2D eigenvalue weighted by Crippen LogP contribution is 2.18. The van der Waals surface area contributed by atoms with Crippen molar-refractivity contribution in [3.63, 3.8) is 0 Å². The lowest BCUT2D eigenvalue weighted by Crippen LogP contribution is -2.15. The van der Waals surface area contributed by atoms with Crippen molar-refractivity contribution in [3.05, 3.63) is 62.9 Å². The Morgan fingerprint density at radius 1 is 1.21 bits per heavy atom. The first kappa shape index (κ1) is 19.4. The van der Waals surface area contributed by atoms with Crippen molar-refractivity contribution >= 4 is 40.1 Å². The van der Waals surface area contributed by atoms with Crippen LogP contribution in [0.3, 0.4) is 0 Å². The Kier molecular flexibility index (Phi) is 5.33. The maximum atomic E-state index is 12.4. The quantitative estimate of drug-likeness (QED) is 0.364. The van der Waals surface area contributed by atoms with E-state index in [1.165, 1.54) is 30.5 Å². The number of aliphatic imine (C=N–C) groups is 1. The van der Waals surface area contributed by atoms with Gasteiger partial charge in [0.2, 0.25) is 11.8 Å². The van der Waals surface area contributed by atoms with Gasteiger partial charge in [-0.25, -0.2) is 23.1 Å². The first-order chi connectivity index (χ1) is 13.2. The van der Waals surface area contributed by atoms with E-state index in [1.54, 1.807) is 13.0 Å². The molecular formula is C16H14N6O4S2. The number of H-pyrrole nitrogens is 2. The standard InChI is InChI=1S/C16H14N6O4S2/c1-9-6-7-17-15(19-9)22-28(25,26)11-4-2-10(3-5-11)18-8-12-13(23)20-16(27)21-14(12)24/h2-8H,1H3,(H,17,19,22)(H3,20,21,23,24,27). The summed E-state index contributed by atoms with van der Waals surface area (Å²) in [4.78, 5) is 28.4. The van der Waals surface area contributed by atoms with Crippen molar-refractivity contribution in [2.75, 3.05) is 4.72 Å². The number of aromatic hydroxyl groups is 1. The summed E-state index contributed by atoms with van der Waals surface area (Å²) in [7, 11) is -3.87. The SMILES string of the molecule is Cc1ccnc(NS(=O)(=O)c2ccc(N=Cc3c(O)[nH]c(=S)[nH]c3=O)cc2)n1. The molecular weight excluding hydrogens is 404 g/mol. The third-order valence-corrected chi connectivity index (χ3v) is 5.02. The van der Waals surface area contributed by atoms with Crippen LogP contribution >= 0.6 is 12.2 Å². The Labute approximate surface area is 164 Å². The molecule has 0 fully saturated rings. The Morgan fingerprint density at radius 3 is 2.57 bits per heavy atom. The van der Waals surface area contributed by atoms with Gasteiger partial charge in [-0.1, -0.05) is 0 Å². The zero-order valence-corrected chi connectivity index (χ0v) is 16.0. The van der Waals surface area contributed by atoms with Crippen LogP contribution < -0.4 is 10.3 Å². The van der Waals surface area contributed by atoms with Crippen LogP contribution in [-0.2, 0) is 10.0 Å². The van der Waals surface area contributed by atoms with Crippen molar-refractivity contribution in [2.24, 2.45) is 4.99 Å². The number of rotatable bonds is 5. The van der Waals surface area contributed by atoms with Gasteiger partial charge in [0.25, 0.3) is 15.6 Å². The molecule has 28 heavy (non-hydrogen) atoms. The Balaban J connectivity index is 1.82. The highest BCUT2D eigenvalue weighted by Gasteiger charge is 2.15. The number of hydrogen-bond acceptors (Lipinski definition) is 8. The summed E-state index contributed by atoms with van der Waals surface area (Å²) in [5.41, 5.74) is 0.277. The summed E-state index contributed by atoms with van der Waals surface area (Å²) in [6.07, 6.45) is 2.59. The lowest BCUT2D eigenvalue weighted by atomic mass is 10.3. The predicted molar refractivity (Wildman–Crippen MR) is 105 cm³/mol. The summed E-state index contributed by atoms with van der Waals surface area (Å²) in [5.74, 6) is -0.447. The van der Waals surface area contributed by atoms with Crippen molar-refractivity contribution in [3.8, 4) is 5.88 Å². The van der Waals surface area contributed by atoms with Crippen molar-refractivity contribution < 1.29 is 13.5 Å². The van der Waals surface area contributed by atoms with Gasteiger partial charge in [0.1, 0.15) is 5.56 Å². The largest absolute Gasteiger partial charge is 0.494 e. The monoisotopic (exact) mass is 418 g/mol. The van der Waals surface area contributed by atoms with Gasteiger partial charge in [0.15, 0.2) is 4.77 Å². The summed E-state index contributed by atoms with van der Waals surface area (Å²) in [6.45, 7) is 1.72. The lowest BCUT2D eigenvalue weighted by molar-refractivity contribution is 0.449. The maximum Gasteiger partial charge on any atom is 0.264 e. The van der Waals surface area contributed by atoms with Crippen LogP contribution in [0.4, 0.5) is 11.6 Å². The molecule has 0 aliphatic rings. The van der Waals surface area contributed by atoms with Crippen LogP contribution in [0, 0.1) is 11.7 Å². The van der Waals surface area contributed by atoms with Gasteiger partial charge in [-0.05, 0) is 49.5 Å². The number of aromatic amines is 2. The minimum atomic E-state index is -3.87. The van der Waals surface area contributed by atoms with Crippen LogP contribution in [0.25, 0.3) is 0 Å². The van der Waals surface area contributed by atoms with Crippen LogP contribution in [0.1, 0.15) is 11.3 Å². The van der Waals surface area contributed by atoms with Gasteiger partial charge in [-0.3, -0.25) is 14.8 Å². The molecule has 0 saturated carbocycles. The number of nitrogens with zero attached hydrogens (tertiary/aromatic N) is 3. The molecule has 1 aromatic carbocycles. The third kappa shape index (κ3) is 4.47. The molecule has 2 heterocycles. The molecule has 0 unspecified atom stereocenters. The van der Waals surface area contributed by atoms with E-state index in [-0.39, 0.29) is 21.2 Å². The Hall–Kier alpha value is -3.38. The van der Waals surface area contributed by atoms with Crippen LogP contribution in [0.2, 0.25) is 0 Å². The number of aromatic nitrogens is 4. The number of nitrogens with one attached hydrogen (secondary N) is 3. The van der Waals surface area contributed by atoms with E-state index in [1.807, 2.05) is 0 Å². The molecule has 3 aromatic rings. The molecule has 4 N–H and O–H groups in total. The minimum absolute atomic E-state index is 0.0129. The van der Waals surface area contributed by atoms with Crippen LogP contribution in [0.5, 0.6) is 5.88 Å². The van der Waals surface area contributed by atoms with Crippen molar-refractivity contribution in [2.45, 2.75) is 11.8 Å². The molecule has 0 radical (unpaired) electrons. The maximum absolute atomic E-state index is 12.4. The highest BCUT2D eigenvalue weighted by atomic mass is 32.2. The number of anilines is 1. The lowest BCUT2D eigenvalue weighted by Gasteiger charge is -2.07. The molecule has 0 spiro atoms. The molecule has 2 aromatic heterocycles. The molecule has 10 nitrogen and oxygen atoms in total. The minimum Gasteiger partial charge on any atom is -0.494 e. The second kappa shape index (κ2) is 7.70. The topological polar surface area (TPSA) is 153 Å². The van der Waals surface area contributed by atoms with Gasteiger partial charge in [0, 0.05) is 18.1 Å². The van der Waals surface area contributed by atoms with Crippen molar-refractivity contribution in [1.29, 1.82) is 0 Å². The third-order valence-electron chi connectivity index (χ3n) is 3.47. The van der Waals surface area contributed by atoms with Crippen molar-refractivity contribution in [1.82, 2.24) is 19.9 Å². The van der Waals surface area contributed by atoms with E-state index in [0.717, 1.165) is 6.21 Å². The second-order valence-corrected chi connectivity index (χ2v) is 7.64. The summed E-state index contributed by atoms with van der Waals surface area (Å²) < 4.78 is 27.1. The summed E-state index contributed by atoms with van der Waals surface area (Å²) >= 11 is 4.74. The van der Waals surface area contributed by atoms with Gasteiger partial charge in [0.05, 0.1) is 10.6 Å². The molecule has 3 rings (SSSR count). The van der Waals surface area contributed by atoms with E-state index in [0.29, 0.717) is 11.4 Å². The zero-order chi connectivity index (χ0) is 20.3. The first-order valence-corrected chi connectivity index (χ1v) is 9.66. The van der Waals surface area contributed by atoms with E-state index >= 15 is 0 Å². The molecule has 0 aliphatic heterocycles. The van der Waals surface area contributed by atoms with Crippen LogP contribution in [-0.4, -0.2) is 39.7 Å². The normalized spacial score (nSPS) is 11.6. The molecule has 0 aliphatic carbocycles. The van der Waals surface area contributed by atoms with E-state index in [9.17, 15) is 18.3 Å². The Bertz CT molecular complexity index is 1260. The van der Waals surface area contributed by atoms with Gasteiger partial charge >= 0.3 is 0 Å². The average molecular weight is 418 g/mol. The zero-order valence-electron chi connectivity index (χ0n) is 14.4. The van der Waals surface area contributed by atoms with Gasteiger partial charge in [-0.2, -0.15) is 0 Å². The predicted octanol–water partition coefficient (Wildman–Crippen LogP) is 1.79. The van der Waals surface area contributed by atoms with Crippen LogP contribution in [0.15, 0.2) is 51.2 Å². The fraction of sp³-hybridized carbons (Fsp3) is 0.0625. The second-order valence-electron chi connectivity index (χ2n) is 5.55. The van der Waals surface area contributed by atoms with E-state index in [4.69, 9.17) is 12.2 Å². The number of sulfonamides is 1. The van der Waals surface area contributed by atoms with E-state index < -0.39 is 21.5 Å². The summed E-state index contributed by atoms with van der Waals surface area (Å²) in [6, 6.07) is 7.21.